The molecule has 0 aromatic heterocycles. The van der Waals surface area contributed by atoms with E-state index in [1.807, 2.05) is 0 Å². The fourth-order valence-corrected chi connectivity index (χ4v) is 3.35. The van der Waals surface area contributed by atoms with Crippen LogP contribution in [0.4, 0.5) is 0 Å². The van der Waals surface area contributed by atoms with E-state index >= 15 is 0 Å². The van der Waals surface area contributed by atoms with Crippen molar-refractivity contribution >= 4 is 17.8 Å². The molecule has 1 aliphatic rings. The minimum absolute atomic E-state index is 0. The maximum absolute atomic E-state index is 11.3. The van der Waals surface area contributed by atoms with Crippen molar-refractivity contribution in [3.8, 4) is 0 Å². The van der Waals surface area contributed by atoms with E-state index in [2.05, 4.69) is 11.9 Å². The zero-order valence-electron chi connectivity index (χ0n) is 15.9. The molecular formula is C18H34N2O6. The molecule has 1 aliphatic heterocycles. The molecule has 0 spiro atoms. The standard InChI is InChI=1S/C18H32N2O5.H2O/c1-2-3-4-5-6-7-8-9-16-19-10-11-20(16,14-17(21)22)12-13-25-15-18(23)24;/h2-15H2,1H3,(H-,21,22,23,24);1H2. The van der Waals surface area contributed by atoms with Crippen molar-refractivity contribution in [3.05, 3.63) is 0 Å². The van der Waals surface area contributed by atoms with Gasteiger partial charge in [0.05, 0.1) is 13.2 Å². The highest BCUT2D eigenvalue weighted by Crippen LogP contribution is 2.20. The highest BCUT2D eigenvalue weighted by Gasteiger charge is 2.39. The summed E-state index contributed by atoms with van der Waals surface area (Å²) < 4.78 is 5.44. The van der Waals surface area contributed by atoms with Crippen molar-refractivity contribution in [3.63, 3.8) is 0 Å². The van der Waals surface area contributed by atoms with Gasteiger partial charge in [0.2, 0.25) is 0 Å². The first-order valence-electron chi connectivity index (χ1n) is 9.41. The number of aliphatic imine (C=N–C) groups is 1. The van der Waals surface area contributed by atoms with Crippen LogP contribution < -0.4 is 0 Å². The number of nitrogens with zero attached hydrogens (tertiary/aromatic N) is 2. The summed E-state index contributed by atoms with van der Waals surface area (Å²) in [5.41, 5.74) is 0. The van der Waals surface area contributed by atoms with Gasteiger partial charge in [-0.05, 0) is 6.42 Å². The van der Waals surface area contributed by atoms with Gasteiger partial charge in [0.25, 0.3) is 0 Å². The van der Waals surface area contributed by atoms with Gasteiger partial charge in [-0.2, -0.15) is 0 Å². The molecular weight excluding hydrogens is 340 g/mol. The van der Waals surface area contributed by atoms with Crippen LogP contribution in [0.5, 0.6) is 0 Å². The summed E-state index contributed by atoms with van der Waals surface area (Å²) in [7, 11) is 0. The van der Waals surface area contributed by atoms with Crippen molar-refractivity contribution in [1.82, 2.24) is 0 Å². The number of ether oxygens (including phenoxy) is 1. The summed E-state index contributed by atoms with van der Waals surface area (Å²) >= 11 is 0. The normalized spacial score (nSPS) is 19.0. The monoisotopic (exact) mass is 374 g/mol. The summed E-state index contributed by atoms with van der Waals surface area (Å²) in [5.74, 6) is -0.926. The molecule has 8 nitrogen and oxygen atoms in total. The smallest absolute Gasteiger partial charge is 0.359 e. The lowest BCUT2D eigenvalue weighted by molar-refractivity contribution is -0.829. The van der Waals surface area contributed by atoms with Gasteiger partial charge in [-0.1, -0.05) is 45.4 Å². The summed E-state index contributed by atoms with van der Waals surface area (Å²) in [5, 5.41) is 17.9. The van der Waals surface area contributed by atoms with Gasteiger partial charge in [-0.3, -0.25) is 4.48 Å². The molecule has 0 amide bonds. The second-order valence-electron chi connectivity index (χ2n) is 6.76. The van der Waals surface area contributed by atoms with E-state index in [0.717, 1.165) is 25.1 Å². The average Bonchev–Trinajstić information content (AvgIpc) is 2.92. The topological polar surface area (TPSA) is 126 Å². The molecule has 152 valence electrons. The Balaban J connectivity index is 0.00000625. The minimum Gasteiger partial charge on any atom is -0.870 e. The van der Waals surface area contributed by atoms with Gasteiger partial charge in [-0.25, -0.2) is 14.6 Å². The molecule has 26 heavy (non-hydrogen) atoms. The van der Waals surface area contributed by atoms with Gasteiger partial charge >= 0.3 is 11.9 Å². The third kappa shape index (κ3) is 9.26. The second-order valence-corrected chi connectivity index (χ2v) is 6.76. The van der Waals surface area contributed by atoms with Crippen LogP contribution in [0.2, 0.25) is 0 Å². The Morgan fingerprint density at radius 3 is 2.35 bits per heavy atom. The van der Waals surface area contributed by atoms with E-state index < -0.39 is 11.9 Å². The summed E-state index contributed by atoms with van der Waals surface area (Å²) in [6, 6.07) is 0. The number of unbranched alkanes of at least 4 members (excludes halogenated alkanes) is 6. The largest absolute Gasteiger partial charge is 0.870 e. The van der Waals surface area contributed by atoms with E-state index in [-0.39, 0.29) is 25.2 Å². The molecule has 1 unspecified atom stereocenters. The summed E-state index contributed by atoms with van der Waals surface area (Å²) in [6.07, 6.45) is 9.30. The molecule has 3 N–H and O–H groups in total. The zero-order chi connectivity index (χ0) is 18.5. The van der Waals surface area contributed by atoms with Gasteiger partial charge in [0.15, 0.2) is 12.4 Å². The van der Waals surface area contributed by atoms with Crippen LogP contribution in [-0.2, 0) is 14.3 Å². The number of rotatable bonds is 15. The Morgan fingerprint density at radius 1 is 1.08 bits per heavy atom. The maximum atomic E-state index is 11.3. The number of hydrogen-bond donors (Lipinski definition) is 2. The van der Waals surface area contributed by atoms with E-state index in [1.54, 1.807) is 0 Å². The Hall–Kier alpha value is -1.51. The third-order valence-electron chi connectivity index (χ3n) is 4.70. The molecule has 1 heterocycles. The number of quaternary nitrogens is 1. The molecule has 1 atom stereocenters. The molecule has 0 saturated heterocycles. The fraction of sp³-hybridized carbons (Fsp3) is 0.833. The molecule has 0 aliphatic carbocycles. The van der Waals surface area contributed by atoms with Gasteiger partial charge in [0, 0.05) is 6.42 Å². The highest BCUT2D eigenvalue weighted by molar-refractivity contribution is 5.80. The van der Waals surface area contributed by atoms with Crippen molar-refractivity contribution in [2.75, 3.05) is 39.4 Å². The number of carboxylic acids is 2. The van der Waals surface area contributed by atoms with E-state index in [1.165, 1.54) is 32.1 Å². The SMILES string of the molecule is CCCCCCCCCC1=NCC[N+]1(CCOCC(=O)O)CC(=O)O.[OH-]. The number of hydrogen-bond acceptors (Lipinski definition) is 5. The van der Waals surface area contributed by atoms with Crippen LogP contribution in [0.3, 0.4) is 0 Å². The molecule has 0 bridgehead atoms. The van der Waals surface area contributed by atoms with E-state index in [9.17, 15) is 14.7 Å². The van der Waals surface area contributed by atoms with Crippen LogP contribution >= 0.6 is 0 Å². The highest BCUT2D eigenvalue weighted by atomic mass is 16.5. The number of aliphatic carboxylic acids is 2. The maximum Gasteiger partial charge on any atom is 0.359 e. The first-order valence-corrected chi connectivity index (χ1v) is 9.41. The third-order valence-corrected chi connectivity index (χ3v) is 4.70. The Bertz CT molecular complexity index is 455. The van der Waals surface area contributed by atoms with Crippen LogP contribution in [0.25, 0.3) is 0 Å². The number of amidine groups is 1. The first-order chi connectivity index (χ1) is 12.0. The lowest BCUT2D eigenvalue weighted by atomic mass is 10.1. The molecule has 0 aromatic rings. The molecule has 0 fully saturated rings. The van der Waals surface area contributed by atoms with Gasteiger partial charge in [-0.15, -0.1) is 0 Å². The predicted octanol–water partition coefficient (Wildman–Crippen LogP) is 2.36. The van der Waals surface area contributed by atoms with Crippen LogP contribution in [-0.4, -0.2) is 77.3 Å². The van der Waals surface area contributed by atoms with Crippen LogP contribution in [0.15, 0.2) is 4.99 Å². The lowest BCUT2D eigenvalue weighted by Gasteiger charge is -2.33. The number of carbonyl (C=O) groups is 2. The molecule has 8 heteroatoms. The second kappa shape index (κ2) is 13.7. The summed E-state index contributed by atoms with van der Waals surface area (Å²) in [6.45, 7) is 3.85. The van der Waals surface area contributed by atoms with Gasteiger partial charge < -0.3 is 20.4 Å². The lowest BCUT2D eigenvalue weighted by Crippen LogP contribution is -2.55. The van der Waals surface area contributed by atoms with Crippen molar-refractivity contribution in [2.24, 2.45) is 4.99 Å². The minimum atomic E-state index is -1.01. The molecule has 0 radical (unpaired) electrons. The first kappa shape index (κ1) is 24.5. The fourth-order valence-electron chi connectivity index (χ4n) is 3.35. The average molecular weight is 374 g/mol. The van der Waals surface area contributed by atoms with Gasteiger partial charge in [0.1, 0.15) is 19.7 Å². The van der Waals surface area contributed by atoms with E-state index in [0.29, 0.717) is 24.1 Å². The van der Waals surface area contributed by atoms with Crippen molar-refractivity contribution in [1.29, 1.82) is 0 Å². The summed E-state index contributed by atoms with van der Waals surface area (Å²) in [4.78, 5) is 26.4. The van der Waals surface area contributed by atoms with Crippen LogP contribution in [0, 0.1) is 0 Å². The quantitative estimate of drug-likeness (QED) is 0.335. The van der Waals surface area contributed by atoms with E-state index in [4.69, 9.17) is 9.84 Å². The van der Waals surface area contributed by atoms with Crippen LogP contribution in [0.1, 0.15) is 58.3 Å². The van der Waals surface area contributed by atoms with Crippen molar-refractivity contribution < 1.29 is 34.5 Å². The predicted molar refractivity (Wildman–Crippen MR) is 97.8 cm³/mol. The Labute approximate surface area is 155 Å². The Morgan fingerprint density at radius 2 is 1.73 bits per heavy atom. The molecule has 0 saturated carbocycles. The molecule has 0 aromatic carbocycles. The Kier molecular flexibility index (Phi) is 12.9. The molecule has 1 rings (SSSR count). The zero-order valence-corrected chi connectivity index (χ0v) is 15.9. The van der Waals surface area contributed by atoms with Crippen molar-refractivity contribution in [2.45, 2.75) is 58.3 Å². The number of carboxylic acid groups (broad SMARTS) is 2.